The lowest BCUT2D eigenvalue weighted by molar-refractivity contribution is 0.0657. The van der Waals surface area contributed by atoms with Crippen molar-refractivity contribution in [2.45, 2.75) is 30.8 Å². The van der Waals surface area contributed by atoms with Crippen molar-refractivity contribution in [3.8, 4) is 5.75 Å². The van der Waals surface area contributed by atoms with Gasteiger partial charge in [-0.05, 0) is 43.7 Å². The first-order chi connectivity index (χ1) is 11.2. The van der Waals surface area contributed by atoms with E-state index >= 15 is 0 Å². The van der Waals surface area contributed by atoms with Gasteiger partial charge in [0.2, 0.25) is 10.0 Å². The molecule has 0 heterocycles. The number of rotatable bonds is 7. The number of hydrogen-bond acceptors (Lipinski definition) is 4. The number of aliphatic hydroxyl groups is 1. The summed E-state index contributed by atoms with van der Waals surface area (Å²) in [6.07, 6.45) is 0.327. The average Bonchev–Trinajstić information content (AvgIpc) is 2.54. The molecule has 1 atom stereocenters. The van der Waals surface area contributed by atoms with Gasteiger partial charge in [0, 0.05) is 13.0 Å². The normalized spacial score (nSPS) is 14.2. The maximum Gasteiger partial charge on any atom is 0.240 e. The van der Waals surface area contributed by atoms with E-state index in [0.29, 0.717) is 6.42 Å². The summed E-state index contributed by atoms with van der Waals surface area (Å²) >= 11 is 0. The fourth-order valence-corrected chi connectivity index (χ4v) is 3.46. The molecule has 0 aliphatic heterocycles. The number of nitrogens with one attached hydrogen (secondary N) is 1. The van der Waals surface area contributed by atoms with Crippen LogP contribution in [-0.4, -0.2) is 32.8 Å². The Balaban J connectivity index is 2.01. The smallest absolute Gasteiger partial charge is 0.240 e. The number of benzene rings is 2. The Kier molecular flexibility index (Phi) is 5.64. The Hall–Kier alpha value is -1.89. The summed E-state index contributed by atoms with van der Waals surface area (Å²) in [7, 11) is -2.05. The number of aryl methyl sites for hydroxylation is 1. The summed E-state index contributed by atoms with van der Waals surface area (Å²) in [4.78, 5) is 0.188. The second-order valence-electron chi connectivity index (χ2n) is 6.16. The first-order valence-electron chi connectivity index (χ1n) is 7.63. The minimum atomic E-state index is -3.64. The third kappa shape index (κ3) is 5.06. The topological polar surface area (TPSA) is 75.6 Å². The van der Waals surface area contributed by atoms with Crippen LogP contribution in [0, 0.1) is 6.92 Å². The Labute approximate surface area is 143 Å². The fraction of sp³-hybridized carbons (Fsp3) is 0.333. The first-order valence-corrected chi connectivity index (χ1v) is 9.12. The third-order valence-electron chi connectivity index (χ3n) is 3.72. The van der Waals surface area contributed by atoms with Gasteiger partial charge in [-0.15, -0.1) is 0 Å². The summed E-state index contributed by atoms with van der Waals surface area (Å²) in [5.74, 6) is 0.735. The van der Waals surface area contributed by atoms with Crippen LogP contribution in [0.5, 0.6) is 5.75 Å². The van der Waals surface area contributed by atoms with Gasteiger partial charge in [0.15, 0.2) is 0 Å². The highest BCUT2D eigenvalue weighted by atomic mass is 32.2. The molecule has 5 nitrogen and oxygen atoms in total. The lowest BCUT2D eigenvalue weighted by Crippen LogP contribution is -2.42. The summed E-state index contributed by atoms with van der Waals surface area (Å²) in [5.41, 5.74) is 0.683. The van der Waals surface area contributed by atoms with E-state index in [0.717, 1.165) is 16.9 Å². The SMILES string of the molecule is COc1ccc(CC(C)(O)CNS(=O)(=O)c2ccc(C)cc2)cc1. The van der Waals surface area contributed by atoms with Gasteiger partial charge in [0.1, 0.15) is 5.75 Å². The van der Waals surface area contributed by atoms with Gasteiger partial charge in [-0.2, -0.15) is 0 Å². The fourth-order valence-electron chi connectivity index (χ4n) is 2.30. The number of sulfonamides is 1. The van der Waals surface area contributed by atoms with Crippen molar-refractivity contribution in [2.75, 3.05) is 13.7 Å². The third-order valence-corrected chi connectivity index (χ3v) is 5.14. The van der Waals surface area contributed by atoms with Crippen molar-refractivity contribution in [3.05, 3.63) is 59.7 Å². The van der Waals surface area contributed by atoms with Gasteiger partial charge in [-0.1, -0.05) is 29.8 Å². The van der Waals surface area contributed by atoms with Crippen molar-refractivity contribution in [3.63, 3.8) is 0 Å². The van der Waals surface area contributed by atoms with Crippen LogP contribution in [0.15, 0.2) is 53.4 Å². The number of hydrogen-bond donors (Lipinski definition) is 2. The largest absolute Gasteiger partial charge is 0.497 e. The molecular weight excluding hydrogens is 326 g/mol. The highest BCUT2D eigenvalue weighted by Crippen LogP contribution is 2.17. The Bertz CT molecular complexity index is 766. The van der Waals surface area contributed by atoms with Crippen LogP contribution in [0.4, 0.5) is 0 Å². The second-order valence-corrected chi connectivity index (χ2v) is 7.93. The second kappa shape index (κ2) is 7.34. The average molecular weight is 349 g/mol. The van der Waals surface area contributed by atoms with Gasteiger partial charge in [-0.3, -0.25) is 0 Å². The summed E-state index contributed by atoms with van der Waals surface area (Å²) < 4.78 is 32.1. The number of methoxy groups -OCH3 is 1. The maximum atomic E-state index is 12.3. The van der Waals surface area contributed by atoms with E-state index in [1.807, 2.05) is 31.2 Å². The van der Waals surface area contributed by atoms with E-state index in [2.05, 4.69) is 4.72 Å². The standard InChI is InChI=1S/C18H23NO4S/c1-14-4-10-17(11-5-14)24(21,22)19-13-18(2,20)12-15-6-8-16(23-3)9-7-15/h4-11,19-20H,12-13H2,1-3H3. The molecule has 1 unspecified atom stereocenters. The summed E-state index contributed by atoms with van der Waals surface area (Å²) in [5, 5.41) is 10.5. The van der Waals surface area contributed by atoms with E-state index in [9.17, 15) is 13.5 Å². The molecule has 0 radical (unpaired) electrons. The molecule has 130 valence electrons. The van der Waals surface area contributed by atoms with E-state index in [4.69, 9.17) is 4.74 Å². The summed E-state index contributed by atoms with van der Waals surface area (Å²) in [6, 6.07) is 13.9. The molecule has 2 aromatic rings. The van der Waals surface area contributed by atoms with Gasteiger partial charge in [-0.25, -0.2) is 13.1 Å². The maximum absolute atomic E-state index is 12.3. The van der Waals surface area contributed by atoms with E-state index in [-0.39, 0.29) is 11.4 Å². The molecule has 2 aromatic carbocycles. The van der Waals surface area contributed by atoms with Crippen molar-refractivity contribution < 1.29 is 18.3 Å². The van der Waals surface area contributed by atoms with Crippen molar-refractivity contribution in [1.29, 1.82) is 0 Å². The molecule has 24 heavy (non-hydrogen) atoms. The number of ether oxygens (including phenoxy) is 1. The molecule has 2 N–H and O–H groups in total. The van der Waals surface area contributed by atoms with E-state index in [1.54, 1.807) is 38.3 Å². The van der Waals surface area contributed by atoms with Crippen LogP contribution < -0.4 is 9.46 Å². The Morgan fingerprint density at radius 2 is 1.67 bits per heavy atom. The van der Waals surface area contributed by atoms with Gasteiger partial charge < -0.3 is 9.84 Å². The van der Waals surface area contributed by atoms with Crippen LogP contribution in [0.25, 0.3) is 0 Å². The highest BCUT2D eigenvalue weighted by molar-refractivity contribution is 7.89. The zero-order chi connectivity index (χ0) is 17.8. The molecule has 6 heteroatoms. The lowest BCUT2D eigenvalue weighted by atomic mass is 9.97. The minimum absolute atomic E-state index is 0.0742. The lowest BCUT2D eigenvalue weighted by Gasteiger charge is -2.24. The van der Waals surface area contributed by atoms with Crippen molar-refractivity contribution in [2.24, 2.45) is 0 Å². The molecule has 0 fully saturated rings. The molecule has 0 saturated carbocycles. The quantitative estimate of drug-likeness (QED) is 0.804. The van der Waals surface area contributed by atoms with Crippen LogP contribution in [-0.2, 0) is 16.4 Å². The predicted octanol–water partition coefficient (Wildman–Crippen LogP) is 2.28. The van der Waals surface area contributed by atoms with E-state index < -0.39 is 15.6 Å². The monoisotopic (exact) mass is 349 g/mol. The van der Waals surface area contributed by atoms with E-state index in [1.165, 1.54) is 0 Å². The zero-order valence-electron chi connectivity index (χ0n) is 14.1. The van der Waals surface area contributed by atoms with Crippen molar-refractivity contribution in [1.82, 2.24) is 4.72 Å². The molecule has 2 rings (SSSR count). The predicted molar refractivity (Wildman–Crippen MR) is 93.7 cm³/mol. The van der Waals surface area contributed by atoms with Crippen molar-refractivity contribution >= 4 is 10.0 Å². The molecule has 0 spiro atoms. The highest BCUT2D eigenvalue weighted by Gasteiger charge is 2.24. The van der Waals surface area contributed by atoms with Crippen LogP contribution in [0.2, 0.25) is 0 Å². The Morgan fingerprint density at radius 3 is 2.21 bits per heavy atom. The molecule has 0 aliphatic carbocycles. The van der Waals surface area contributed by atoms with Gasteiger partial charge in [0.25, 0.3) is 0 Å². The molecule has 0 aliphatic rings. The van der Waals surface area contributed by atoms with Gasteiger partial charge in [0.05, 0.1) is 17.6 Å². The molecular formula is C18H23NO4S. The molecule has 0 amide bonds. The molecule has 0 saturated heterocycles. The van der Waals surface area contributed by atoms with Crippen LogP contribution in [0.3, 0.4) is 0 Å². The first kappa shape index (κ1) is 18.4. The van der Waals surface area contributed by atoms with Gasteiger partial charge >= 0.3 is 0 Å². The Morgan fingerprint density at radius 1 is 1.08 bits per heavy atom. The van der Waals surface area contributed by atoms with Crippen LogP contribution >= 0.6 is 0 Å². The minimum Gasteiger partial charge on any atom is -0.497 e. The van der Waals surface area contributed by atoms with Crippen LogP contribution in [0.1, 0.15) is 18.1 Å². The summed E-state index contributed by atoms with van der Waals surface area (Å²) in [6.45, 7) is 3.42. The molecule has 0 bridgehead atoms. The zero-order valence-corrected chi connectivity index (χ0v) is 14.9. The molecule has 0 aromatic heterocycles.